The molecule has 2 nitrogen and oxygen atoms in total. The summed E-state index contributed by atoms with van der Waals surface area (Å²) < 4.78 is 11.0. The van der Waals surface area contributed by atoms with E-state index in [4.69, 9.17) is 9.47 Å². The second kappa shape index (κ2) is 5.39. The Hall–Kier alpha value is -1.96. The molecule has 0 aliphatic heterocycles. The van der Waals surface area contributed by atoms with E-state index in [-0.39, 0.29) is 0 Å². The molecule has 0 spiro atoms. The average molecular weight is 228 g/mol. The van der Waals surface area contributed by atoms with Crippen LogP contribution in [0.1, 0.15) is 6.92 Å². The van der Waals surface area contributed by atoms with Gasteiger partial charge in [-0.1, -0.05) is 42.5 Å². The molecule has 0 heterocycles. The number of methoxy groups -OCH3 is 1. The third kappa shape index (κ3) is 2.41. The van der Waals surface area contributed by atoms with Crippen LogP contribution in [-0.2, 0) is 0 Å². The highest BCUT2D eigenvalue weighted by molar-refractivity contribution is 5.73. The summed E-state index contributed by atoms with van der Waals surface area (Å²) in [5.41, 5.74) is 2.19. The highest BCUT2D eigenvalue weighted by atomic mass is 16.5. The number of hydrogen-bond acceptors (Lipinski definition) is 2. The van der Waals surface area contributed by atoms with Crippen molar-refractivity contribution in [3.8, 4) is 22.6 Å². The lowest BCUT2D eigenvalue weighted by Gasteiger charge is -2.13. The number of rotatable bonds is 4. The molecule has 2 heteroatoms. The second-order valence-corrected chi connectivity index (χ2v) is 3.64. The Morgan fingerprint density at radius 3 is 2.35 bits per heavy atom. The third-order valence-electron chi connectivity index (χ3n) is 2.57. The van der Waals surface area contributed by atoms with E-state index in [1.54, 1.807) is 7.11 Å². The lowest BCUT2D eigenvalue weighted by atomic mass is 10.0. The minimum atomic E-state index is 0.634. The minimum absolute atomic E-state index is 0.634. The zero-order valence-electron chi connectivity index (χ0n) is 10.1. The van der Waals surface area contributed by atoms with Crippen LogP contribution in [0.25, 0.3) is 11.1 Å². The molecule has 0 bridgehead atoms. The Labute approximate surface area is 102 Å². The van der Waals surface area contributed by atoms with Crippen LogP contribution in [0.2, 0.25) is 0 Å². The van der Waals surface area contributed by atoms with Crippen molar-refractivity contribution in [1.82, 2.24) is 0 Å². The highest BCUT2D eigenvalue weighted by Gasteiger charge is 2.10. The summed E-state index contributed by atoms with van der Waals surface area (Å²) in [6, 6.07) is 16.1. The fourth-order valence-corrected chi connectivity index (χ4v) is 1.84. The zero-order chi connectivity index (χ0) is 12.1. The Kier molecular flexibility index (Phi) is 3.66. The van der Waals surface area contributed by atoms with E-state index in [9.17, 15) is 0 Å². The zero-order valence-corrected chi connectivity index (χ0v) is 10.1. The molecule has 0 saturated carbocycles. The molecule has 0 aliphatic carbocycles. The molecule has 0 aliphatic rings. The molecule has 2 rings (SSSR count). The maximum Gasteiger partial charge on any atom is 0.168 e. The number of hydrogen-bond donors (Lipinski definition) is 0. The molecule has 0 saturated heterocycles. The van der Waals surface area contributed by atoms with Crippen molar-refractivity contribution in [2.75, 3.05) is 13.7 Å². The van der Waals surface area contributed by atoms with Gasteiger partial charge in [0.1, 0.15) is 0 Å². The van der Waals surface area contributed by atoms with Crippen LogP contribution in [0.4, 0.5) is 0 Å². The normalized spacial score (nSPS) is 10.0. The van der Waals surface area contributed by atoms with Gasteiger partial charge in [-0.3, -0.25) is 0 Å². The van der Waals surface area contributed by atoms with Crippen molar-refractivity contribution in [3.05, 3.63) is 48.5 Å². The predicted octanol–water partition coefficient (Wildman–Crippen LogP) is 3.76. The number of para-hydroxylation sites is 1. The summed E-state index contributed by atoms with van der Waals surface area (Å²) in [6.07, 6.45) is 0. The van der Waals surface area contributed by atoms with E-state index in [0.717, 1.165) is 22.6 Å². The Bertz CT molecular complexity index is 478. The first-order valence-electron chi connectivity index (χ1n) is 5.72. The van der Waals surface area contributed by atoms with E-state index in [2.05, 4.69) is 12.1 Å². The largest absolute Gasteiger partial charge is 0.492 e. The van der Waals surface area contributed by atoms with Crippen LogP contribution in [0.3, 0.4) is 0 Å². The summed E-state index contributed by atoms with van der Waals surface area (Å²) >= 11 is 0. The molecular formula is C15H16O2. The summed E-state index contributed by atoms with van der Waals surface area (Å²) in [6.45, 7) is 2.60. The number of ether oxygens (including phenoxy) is 2. The lowest BCUT2D eigenvalue weighted by molar-refractivity contribution is 0.311. The lowest BCUT2D eigenvalue weighted by Crippen LogP contribution is -1.96. The van der Waals surface area contributed by atoms with E-state index in [0.29, 0.717) is 6.61 Å². The van der Waals surface area contributed by atoms with Crippen LogP contribution in [-0.4, -0.2) is 13.7 Å². The molecule has 17 heavy (non-hydrogen) atoms. The van der Waals surface area contributed by atoms with E-state index in [1.165, 1.54) is 0 Å². The smallest absolute Gasteiger partial charge is 0.168 e. The maximum atomic E-state index is 5.57. The molecule has 0 unspecified atom stereocenters. The van der Waals surface area contributed by atoms with Gasteiger partial charge in [-0.25, -0.2) is 0 Å². The van der Waals surface area contributed by atoms with Crippen LogP contribution < -0.4 is 9.47 Å². The molecular weight excluding hydrogens is 212 g/mol. The first-order chi connectivity index (χ1) is 8.36. The topological polar surface area (TPSA) is 18.5 Å². The minimum Gasteiger partial charge on any atom is -0.492 e. The second-order valence-electron chi connectivity index (χ2n) is 3.64. The monoisotopic (exact) mass is 228 g/mol. The van der Waals surface area contributed by atoms with Crippen molar-refractivity contribution in [2.45, 2.75) is 6.92 Å². The van der Waals surface area contributed by atoms with Gasteiger partial charge >= 0.3 is 0 Å². The fraction of sp³-hybridized carbons (Fsp3) is 0.200. The van der Waals surface area contributed by atoms with Gasteiger partial charge in [-0.05, 0) is 18.6 Å². The molecule has 0 radical (unpaired) electrons. The van der Waals surface area contributed by atoms with Crippen LogP contribution in [0, 0.1) is 0 Å². The van der Waals surface area contributed by atoms with Crippen molar-refractivity contribution in [3.63, 3.8) is 0 Å². The molecule has 0 N–H and O–H groups in total. The molecule has 2 aromatic carbocycles. The summed E-state index contributed by atoms with van der Waals surface area (Å²) in [5, 5.41) is 0. The molecule has 0 aromatic heterocycles. The van der Waals surface area contributed by atoms with Gasteiger partial charge in [0.2, 0.25) is 0 Å². The standard InChI is InChI=1S/C15H16O2/c1-3-17-14-11-7-10-13(15(14)16-2)12-8-5-4-6-9-12/h4-11H,3H2,1-2H3. The summed E-state index contributed by atoms with van der Waals surface area (Å²) in [4.78, 5) is 0. The van der Waals surface area contributed by atoms with Crippen molar-refractivity contribution >= 4 is 0 Å². The van der Waals surface area contributed by atoms with Crippen molar-refractivity contribution in [1.29, 1.82) is 0 Å². The number of benzene rings is 2. The van der Waals surface area contributed by atoms with Gasteiger partial charge in [0.15, 0.2) is 11.5 Å². The van der Waals surface area contributed by atoms with Gasteiger partial charge in [-0.2, -0.15) is 0 Å². The third-order valence-corrected chi connectivity index (χ3v) is 2.57. The predicted molar refractivity (Wildman–Crippen MR) is 69.6 cm³/mol. The van der Waals surface area contributed by atoms with Gasteiger partial charge < -0.3 is 9.47 Å². The molecule has 2 aromatic rings. The Morgan fingerprint density at radius 2 is 1.71 bits per heavy atom. The van der Waals surface area contributed by atoms with Gasteiger partial charge in [0.05, 0.1) is 13.7 Å². The van der Waals surface area contributed by atoms with Gasteiger partial charge in [0.25, 0.3) is 0 Å². The summed E-state index contributed by atoms with van der Waals surface area (Å²) in [5.74, 6) is 1.58. The van der Waals surface area contributed by atoms with Gasteiger partial charge in [-0.15, -0.1) is 0 Å². The highest BCUT2D eigenvalue weighted by Crippen LogP contribution is 2.37. The van der Waals surface area contributed by atoms with E-state index >= 15 is 0 Å². The fourth-order valence-electron chi connectivity index (χ4n) is 1.84. The van der Waals surface area contributed by atoms with E-state index < -0.39 is 0 Å². The summed E-state index contributed by atoms with van der Waals surface area (Å²) in [7, 11) is 1.67. The molecule has 0 atom stereocenters. The Balaban J connectivity index is 2.50. The molecule has 88 valence electrons. The van der Waals surface area contributed by atoms with Crippen molar-refractivity contribution in [2.24, 2.45) is 0 Å². The van der Waals surface area contributed by atoms with Crippen LogP contribution in [0.15, 0.2) is 48.5 Å². The van der Waals surface area contributed by atoms with Crippen molar-refractivity contribution < 1.29 is 9.47 Å². The van der Waals surface area contributed by atoms with Crippen LogP contribution >= 0.6 is 0 Å². The Morgan fingerprint density at radius 1 is 0.941 bits per heavy atom. The SMILES string of the molecule is CCOc1cccc(-c2ccccc2)c1OC. The quantitative estimate of drug-likeness (QED) is 0.793. The van der Waals surface area contributed by atoms with E-state index in [1.807, 2.05) is 43.3 Å². The average Bonchev–Trinajstić information content (AvgIpc) is 2.40. The van der Waals surface area contributed by atoms with Gasteiger partial charge in [0, 0.05) is 5.56 Å². The first kappa shape index (κ1) is 11.5. The van der Waals surface area contributed by atoms with Crippen LogP contribution in [0.5, 0.6) is 11.5 Å². The maximum absolute atomic E-state index is 5.57. The molecule has 0 fully saturated rings. The molecule has 0 amide bonds. The first-order valence-corrected chi connectivity index (χ1v) is 5.72.